The van der Waals surface area contributed by atoms with Gasteiger partial charge in [-0.3, -0.25) is 4.79 Å². The molecule has 0 fully saturated rings. The van der Waals surface area contributed by atoms with Crippen LogP contribution in [0.5, 0.6) is 0 Å². The highest BCUT2D eigenvalue weighted by atomic mass is 32.1. The van der Waals surface area contributed by atoms with Crippen molar-refractivity contribution in [1.29, 1.82) is 0 Å². The first-order valence-electron chi connectivity index (χ1n) is 5.63. The average Bonchev–Trinajstić information content (AvgIpc) is 2.97. The quantitative estimate of drug-likeness (QED) is 0.642. The lowest BCUT2D eigenvalue weighted by Crippen LogP contribution is -2.04. The van der Waals surface area contributed by atoms with Crippen LogP contribution < -0.4 is 5.73 Å². The first kappa shape index (κ1) is 12.8. The van der Waals surface area contributed by atoms with E-state index in [2.05, 4.69) is 4.98 Å². The average molecular weight is 266 g/mol. The van der Waals surface area contributed by atoms with Gasteiger partial charge in [-0.1, -0.05) is 11.3 Å². The maximum Gasteiger partial charge on any atom is 0.181 e. The number of furan rings is 1. The summed E-state index contributed by atoms with van der Waals surface area (Å²) in [6.45, 7) is 2.90. The van der Waals surface area contributed by atoms with Crippen molar-refractivity contribution in [2.75, 3.05) is 18.9 Å². The second-order valence-electron chi connectivity index (χ2n) is 3.58. The molecule has 5 nitrogen and oxygen atoms in total. The van der Waals surface area contributed by atoms with Crippen LogP contribution in [0.25, 0.3) is 11.5 Å². The van der Waals surface area contributed by atoms with Crippen molar-refractivity contribution in [3.63, 3.8) is 0 Å². The molecule has 0 aliphatic carbocycles. The maximum absolute atomic E-state index is 12.0. The Morgan fingerprint density at radius 1 is 1.61 bits per heavy atom. The second kappa shape index (κ2) is 5.79. The SMILES string of the molecule is CCOCCC(=O)c1sc(N)nc1-c1ccco1. The van der Waals surface area contributed by atoms with E-state index in [0.717, 1.165) is 0 Å². The molecule has 96 valence electrons. The van der Waals surface area contributed by atoms with Gasteiger partial charge in [0.05, 0.1) is 12.9 Å². The van der Waals surface area contributed by atoms with Crippen LogP contribution in [-0.4, -0.2) is 24.0 Å². The Kier molecular flexibility index (Phi) is 4.11. The molecule has 0 aliphatic rings. The summed E-state index contributed by atoms with van der Waals surface area (Å²) in [7, 11) is 0. The third-order valence-electron chi connectivity index (χ3n) is 2.33. The molecule has 0 saturated carbocycles. The smallest absolute Gasteiger partial charge is 0.181 e. The summed E-state index contributed by atoms with van der Waals surface area (Å²) in [6, 6.07) is 3.51. The van der Waals surface area contributed by atoms with E-state index in [9.17, 15) is 4.79 Å². The summed E-state index contributed by atoms with van der Waals surface area (Å²) in [6.07, 6.45) is 1.86. The molecule has 2 rings (SSSR count). The molecule has 2 aromatic rings. The van der Waals surface area contributed by atoms with Crippen LogP contribution in [0, 0.1) is 0 Å². The third kappa shape index (κ3) is 2.77. The molecular formula is C12H14N2O3S. The monoisotopic (exact) mass is 266 g/mol. The van der Waals surface area contributed by atoms with Gasteiger partial charge >= 0.3 is 0 Å². The Hall–Kier alpha value is -1.66. The number of anilines is 1. The van der Waals surface area contributed by atoms with E-state index < -0.39 is 0 Å². The standard InChI is InChI=1S/C12H14N2O3S/c1-2-16-7-5-8(15)11-10(14-12(13)18-11)9-4-3-6-17-9/h3-4,6H,2,5,7H2,1H3,(H2,13,14). The van der Waals surface area contributed by atoms with Crippen LogP contribution in [0.15, 0.2) is 22.8 Å². The zero-order valence-corrected chi connectivity index (χ0v) is 10.8. The highest BCUT2D eigenvalue weighted by Crippen LogP contribution is 2.30. The lowest BCUT2D eigenvalue weighted by atomic mass is 10.2. The summed E-state index contributed by atoms with van der Waals surface area (Å²) >= 11 is 1.18. The number of carbonyl (C=O) groups is 1. The summed E-state index contributed by atoms with van der Waals surface area (Å²) in [5.74, 6) is 0.534. The Morgan fingerprint density at radius 3 is 3.11 bits per heavy atom. The third-order valence-corrected chi connectivity index (χ3v) is 3.25. The number of hydrogen-bond donors (Lipinski definition) is 1. The number of carbonyl (C=O) groups excluding carboxylic acids is 1. The molecule has 0 unspecified atom stereocenters. The Morgan fingerprint density at radius 2 is 2.44 bits per heavy atom. The van der Waals surface area contributed by atoms with E-state index >= 15 is 0 Å². The van der Waals surface area contributed by atoms with Gasteiger partial charge < -0.3 is 14.9 Å². The predicted molar refractivity (Wildman–Crippen MR) is 69.7 cm³/mol. The van der Waals surface area contributed by atoms with Crippen LogP contribution in [0.3, 0.4) is 0 Å². The topological polar surface area (TPSA) is 78.4 Å². The Balaban J connectivity index is 2.20. The number of ether oxygens (including phenoxy) is 1. The van der Waals surface area contributed by atoms with Crippen LogP contribution in [-0.2, 0) is 4.74 Å². The van der Waals surface area contributed by atoms with Crippen molar-refractivity contribution in [3.8, 4) is 11.5 Å². The first-order chi connectivity index (χ1) is 8.72. The molecule has 0 aliphatic heterocycles. The molecule has 0 aromatic carbocycles. The van der Waals surface area contributed by atoms with Crippen molar-refractivity contribution in [2.45, 2.75) is 13.3 Å². The summed E-state index contributed by atoms with van der Waals surface area (Å²) in [4.78, 5) is 16.7. The van der Waals surface area contributed by atoms with Gasteiger partial charge in [-0.25, -0.2) is 4.98 Å². The number of Topliss-reactive ketones (excluding diaryl/α,β-unsaturated/α-hetero) is 1. The summed E-state index contributed by atoms with van der Waals surface area (Å²) in [5, 5.41) is 0.362. The number of nitrogens with zero attached hydrogens (tertiary/aromatic N) is 1. The minimum absolute atomic E-state index is 0.0240. The fourth-order valence-electron chi connectivity index (χ4n) is 1.53. The van der Waals surface area contributed by atoms with Gasteiger partial charge in [0.1, 0.15) is 10.6 Å². The largest absolute Gasteiger partial charge is 0.463 e. The van der Waals surface area contributed by atoms with Gasteiger partial charge in [0.25, 0.3) is 0 Å². The van der Waals surface area contributed by atoms with Crippen molar-refractivity contribution in [2.24, 2.45) is 0 Å². The number of thiazole rings is 1. The van der Waals surface area contributed by atoms with Crippen LogP contribution in [0.2, 0.25) is 0 Å². The fraction of sp³-hybridized carbons (Fsp3) is 0.333. The Labute approximate surface area is 109 Å². The first-order valence-corrected chi connectivity index (χ1v) is 6.45. The van der Waals surface area contributed by atoms with E-state index in [0.29, 0.717) is 41.1 Å². The molecular weight excluding hydrogens is 252 g/mol. The number of hydrogen-bond acceptors (Lipinski definition) is 6. The molecule has 0 spiro atoms. The molecule has 2 N–H and O–H groups in total. The molecule has 2 aromatic heterocycles. The van der Waals surface area contributed by atoms with E-state index in [-0.39, 0.29) is 5.78 Å². The second-order valence-corrected chi connectivity index (χ2v) is 4.61. The Bertz CT molecular complexity index is 519. The molecule has 0 saturated heterocycles. The van der Waals surface area contributed by atoms with Crippen molar-refractivity contribution in [3.05, 3.63) is 23.3 Å². The number of rotatable bonds is 6. The summed E-state index contributed by atoms with van der Waals surface area (Å²) < 4.78 is 10.4. The molecule has 2 heterocycles. The van der Waals surface area contributed by atoms with E-state index in [1.165, 1.54) is 11.3 Å². The lowest BCUT2D eigenvalue weighted by Gasteiger charge is -2.00. The van der Waals surface area contributed by atoms with Gasteiger partial charge in [-0.15, -0.1) is 0 Å². The lowest BCUT2D eigenvalue weighted by molar-refractivity contribution is 0.0900. The van der Waals surface area contributed by atoms with E-state index in [1.807, 2.05) is 6.92 Å². The molecule has 0 amide bonds. The van der Waals surface area contributed by atoms with Crippen LogP contribution >= 0.6 is 11.3 Å². The number of nitrogens with two attached hydrogens (primary N) is 1. The molecule has 6 heteroatoms. The van der Waals surface area contributed by atoms with Gasteiger partial charge in [0.15, 0.2) is 16.7 Å². The zero-order chi connectivity index (χ0) is 13.0. The van der Waals surface area contributed by atoms with E-state index in [1.54, 1.807) is 18.4 Å². The van der Waals surface area contributed by atoms with Crippen molar-refractivity contribution >= 4 is 22.3 Å². The van der Waals surface area contributed by atoms with Crippen molar-refractivity contribution in [1.82, 2.24) is 4.98 Å². The molecule has 0 bridgehead atoms. The van der Waals surface area contributed by atoms with Crippen LogP contribution in [0.4, 0.5) is 5.13 Å². The van der Waals surface area contributed by atoms with Gasteiger partial charge in [0, 0.05) is 13.0 Å². The van der Waals surface area contributed by atoms with Gasteiger partial charge in [-0.2, -0.15) is 0 Å². The maximum atomic E-state index is 12.0. The minimum Gasteiger partial charge on any atom is -0.463 e. The fourth-order valence-corrected chi connectivity index (χ4v) is 2.33. The number of ketones is 1. The highest BCUT2D eigenvalue weighted by Gasteiger charge is 2.19. The molecule has 18 heavy (non-hydrogen) atoms. The zero-order valence-electron chi connectivity index (χ0n) is 10.0. The highest BCUT2D eigenvalue weighted by molar-refractivity contribution is 7.17. The number of nitrogen functional groups attached to an aromatic ring is 1. The predicted octanol–water partition coefficient (Wildman–Crippen LogP) is 2.59. The molecule has 0 atom stereocenters. The van der Waals surface area contributed by atoms with Gasteiger partial charge in [0.2, 0.25) is 0 Å². The molecule has 0 radical (unpaired) electrons. The minimum atomic E-state index is -0.0240. The van der Waals surface area contributed by atoms with Crippen molar-refractivity contribution < 1.29 is 13.9 Å². The van der Waals surface area contributed by atoms with Crippen LogP contribution in [0.1, 0.15) is 23.0 Å². The van der Waals surface area contributed by atoms with Gasteiger partial charge in [-0.05, 0) is 19.1 Å². The normalized spacial score (nSPS) is 10.7. The summed E-state index contributed by atoms with van der Waals surface area (Å²) in [5.41, 5.74) is 6.18. The number of aromatic nitrogens is 1. The van der Waals surface area contributed by atoms with E-state index in [4.69, 9.17) is 14.9 Å².